The summed E-state index contributed by atoms with van der Waals surface area (Å²) in [4.78, 5) is 3.87. The average Bonchev–Trinajstić information content (AvgIpc) is 3.73. The van der Waals surface area contributed by atoms with Crippen LogP contribution in [-0.2, 0) is 0 Å². The molecule has 0 radical (unpaired) electrons. The minimum atomic E-state index is -0.228. The van der Waals surface area contributed by atoms with Gasteiger partial charge in [0.05, 0.1) is 16.7 Å². The molecule has 0 spiro atoms. The Labute approximate surface area is 294 Å². The standard InChI is InChI=1S/C46H31N3S/c1-3-11-30(12-4-1)34-23-25-37-36-15-7-9-17-42(36)49(43(37)27-34)46-47-40(32-13-5-2-6-14-32)29-41(48-46)33-21-19-31(20-22-33)35-24-26-39-38-16-8-10-18-44(38)50-45(39)28-35/h1-29,46,48H/p+1. The third-order valence-electron chi connectivity index (χ3n) is 9.94. The molecule has 1 unspecified atom stereocenters. The summed E-state index contributed by atoms with van der Waals surface area (Å²) in [6.07, 6.45) is 2.02. The Balaban J connectivity index is 1.07. The fraction of sp³-hybridized carbons (Fsp3) is 0.0217. The molecule has 10 rings (SSSR count). The molecule has 0 amide bonds. The summed E-state index contributed by atoms with van der Waals surface area (Å²) < 4.78 is 5.07. The van der Waals surface area contributed by atoms with Gasteiger partial charge in [-0.05, 0) is 64.2 Å². The maximum absolute atomic E-state index is 3.91. The van der Waals surface area contributed by atoms with Gasteiger partial charge in [-0.2, -0.15) is 0 Å². The van der Waals surface area contributed by atoms with E-state index >= 15 is 0 Å². The fourth-order valence-corrected chi connectivity index (χ4v) is 8.62. The van der Waals surface area contributed by atoms with Gasteiger partial charge in [-0.25, -0.2) is 4.99 Å². The van der Waals surface area contributed by atoms with E-state index in [0.29, 0.717) is 0 Å². The summed E-state index contributed by atoms with van der Waals surface area (Å²) in [5.41, 5.74) is 11.6. The third kappa shape index (κ3) is 4.84. The number of benzene rings is 7. The lowest BCUT2D eigenvalue weighted by atomic mass is 10.00. The van der Waals surface area contributed by atoms with E-state index in [4.69, 9.17) is 0 Å². The van der Waals surface area contributed by atoms with Crippen molar-refractivity contribution in [1.29, 1.82) is 0 Å². The van der Waals surface area contributed by atoms with Crippen LogP contribution in [0.2, 0.25) is 0 Å². The average molecular weight is 659 g/mol. The van der Waals surface area contributed by atoms with Crippen molar-refractivity contribution < 1.29 is 4.99 Å². The van der Waals surface area contributed by atoms with Crippen LogP contribution in [0.1, 0.15) is 17.4 Å². The smallest absolute Gasteiger partial charge is 0.309 e. The first-order valence-electron chi connectivity index (χ1n) is 17.0. The highest BCUT2D eigenvalue weighted by Crippen LogP contribution is 2.37. The van der Waals surface area contributed by atoms with Crippen molar-refractivity contribution in [3.63, 3.8) is 0 Å². The lowest BCUT2D eigenvalue weighted by molar-refractivity contribution is -0.535. The molecule has 3 heterocycles. The Kier molecular flexibility index (Phi) is 6.74. The molecule has 50 heavy (non-hydrogen) atoms. The van der Waals surface area contributed by atoms with Crippen LogP contribution in [-0.4, -0.2) is 10.3 Å². The molecule has 236 valence electrons. The third-order valence-corrected chi connectivity index (χ3v) is 11.1. The number of hydrogen-bond acceptors (Lipinski definition) is 2. The van der Waals surface area contributed by atoms with Crippen molar-refractivity contribution >= 4 is 64.7 Å². The van der Waals surface area contributed by atoms with Gasteiger partial charge in [0.15, 0.2) is 0 Å². The van der Waals surface area contributed by atoms with E-state index in [9.17, 15) is 0 Å². The highest BCUT2D eigenvalue weighted by atomic mass is 32.1. The van der Waals surface area contributed by atoms with Crippen molar-refractivity contribution in [2.24, 2.45) is 0 Å². The van der Waals surface area contributed by atoms with Crippen LogP contribution in [0.5, 0.6) is 0 Å². The summed E-state index contributed by atoms with van der Waals surface area (Å²) in [6, 6.07) is 61.3. The van der Waals surface area contributed by atoms with E-state index in [2.05, 4.69) is 191 Å². The van der Waals surface area contributed by atoms with Crippen LogP contribution in [0.15, 0.2) is 176 Å². The van der Waals surface area contributed by atoms with E-state index in [0.717, 1.165) is 22.5 Å². The summed E-state index contributed by atoms with van der Waals surface area (Å²) in [5.74, 6) is 0. The van der Waals surface area contributed by atoms with Crippen molar-refractivity contribution in [3.8, 4) is 22.3 Å². The summed E-state index contributed by atoms with van der Waals surface area (Å²) in [5, 5.41) is 9.04. The minimum Gasteiger partial charge on any atom is -0.309 e. The molecule has 4 heteroatoms. The number of allylic oxidation sites excluding steroid dienone is 1. The summed E-state index contributed by atoms with van der Waals surface area (Å²) in [7, 11) is 0. The summed E-state index contributed by atoms with van der Waals surface area (Å²) >= 11 is 1.86. The first-order valence-corrected chi connectivity index (χ1v) is 17.9. The lowest BCUT2D eigenvalue weighted by Crippen LogP contribution is -2.81. The molecule has 0 saturated heterocycles. The molecular weight excluding hydrogens is 627 g/mol. The van der Waals surface area contributed by atoms with Gasteiger partial charge in [0.1, 0.15) is 0 Å². The monoisotopic (exact) mass is 658 g/mol. The Morgan fingerprint density at radius 3 is 1.80 bits per heavy atom. The second kappa shape index (κ2) is 11.7. The van der Waals surface area contributed by atoms with E-state index in [1.54, 1.807) is 0 Å². The predicted molar refractivity (Wildman–Crippen MR) is 211 cm³/mol. The molecule has 2 N–H and O–H groups in total. The van der Waals surface area contributed by atoms with Crippen LogP contribution in [0.4, 0.5) is 0 Å². The zero-order valence-electron chi connectivity index (χ0n) is 27.2. The van der Waals surface area contributed by atoms with Crippen molar-refractivity contribution in [1.82, 2.24) is 9.88 Å². The number of fused-ring (bicyclic) bond motifs is 6. The van der Waals surface area contributed by atoms with Crippen molar-refractivity contribution in [2.45, 2.75) is 6.29 Å². The second-order valence-electron chi connectivity index (χ2n) is 12.9. The van der Waals surface area contributed by atoms with Gasteiger partial charge in [0, 0.05) is 42.6 Å². The van der Waals surface area contributed by atoms with Crippen LogP contribution >= 0.6 is 11.3 Å². The quantitative estimate of drug-likeness (QED) is 0.190. The number of nitrogens with one attached hydrogen (secondary N) is 2. The van der Waals surface area contributed by atoms with E-state index < -0.39 is 0 Å². The Bertz CT molecular complexity index is 2770. The van der Waals surface area contributed by atoms with E-state index in [1.807, 2.05) is 11.3 Å². The molecule has 3 nitrogen and oxygen atoms in total. The minimum absolute atomic E-state index is 0.228. The molecule has 1 aliphatic rings. The SMILES string of the molecule is C1=C(c2ccc(-c3ccc4c(c3)sc3ccccc34)cc2)NC(n2c3ccccc3c3ccc(-c4ccccc4)cc32)[NH+]=C1c1ccccc1. The number of nitrogens with zero attached hydrogens (tertiary/aromatic N) is 1. The molecule has 9 aromatic rings. The molecule has 1 aliphatic heterocycles. The maximum atomic E-state index is 3.91. The van der Waals surface area contributed by atoms with Gasteiger partial charge >= 0.3 is 6.29 Å². The number of thiophene rings is 1. The first kappa shape index (κ1) is 28.8. The zero-order valence-corrected chi connectivity index (χ0v) is 28.0. The zero-order chi connectivity index (χ0) is 33.0. The van der Waals surface area contributed by atoms with Gasteiger partial charge in [-0.15, -0.1) is 11.3 Å². The molecule has 7 aromatic carbocycles. The van der Waals surface area contributed by atoms with Gasteiger partial charge in [-0.1, -0.05) is 133 Å². The lowest BCUT2D eigenvalue weighted by Gasteiger charge is -2.22. The van der Waals surface area contributed by atoms with Crippen molar-refractivity contribution in [3.05, 3.63) is 187 Å². The largest absolute Gasteiger partial charge is 0.312 e. The molecule has 0 fully saturated rings. The van der Waals surface area contributed by atoms with Gasteiger partial charge in [0.2, 0.25) is 5.71 Å². The highest BCUT2D eigenvalue weighted by molar-refractivity contribution is 7.25. The Morgan fingerprint density at radius 2 is 1.00 bits per heavy atom. The normalized spacial score (nSPS) is 14.6. The predicted octanol–water partition coefficient (Wildman–Crippen LogP) is 10.2. The van der Waals surface area contributed by atoms with Gasteiger partial charge < -0.3 is 5.32 Å². The Morgan fingerprint density at radius 1 is 0.440 bits per heavy atom. The van der Waals surface area contributed by atoms with Crippen LogP contribution in [0.25, 0.3) is 69.9 Å². The van der Waals surface area contributed by atoms with Gasteiger partial charge in [-0.3, -0.25) is 4.57 Å². The maximum Gasteiger partial charge on any atom is 0.312 e. The molecular formula is C46H32N3S+. The topological polar surface area (TPSA) is 30.9 Å². The number of para-hydroxylation sites is 1. The number of hydrogen-bond donors (Lipinski definition) is 2. The van der Waals surface area contributed by atoms with Crippen molar-refractivity contribution in [2.75, 3.05) is 0 Å². The Hall–Kier alpha value is -6.23. The molecule has 0 aliphatic carbocycles. The van der Waals surface area contributed by atoms with Crippen LogP contribution in [0.3, 0.4) is 0 Å². The molecule has 2 aromatic heterocycles. The van der Waals surface area contributed by atoms with Gasteiger partial charge in [0.25, 0.3) is 0 Å². The van der Waals surface area contributed by atoms with Crippen LogP contribution in [0, 0.1) is 0 Å². The van der Waals surface area contributed by atoms with E-state index in [1.165, 1.54) is 64.2 Å². The molecule has 0 bridgehead atoms. The number of rotatable bonds is 5. The summed E-state index contributed by atoms with van der Waals surface area (Å²) in [6.45, 7) is 0. The fourth-order valence-electron chi connectivity index (χ4n) is 7.47. The first-order chi connectivity index (χ1) is 24.8. The highest BCUT2D eigenvalue weighted by Gasteiger charge is 2.28. The van der Waals surface area contributed by atoms with Crippen LogP contribution < -0.4 is 10.3 Å². The molecule has 0 saturated carbocycles. The van der Waals surface area contributed by atoms with E-state index in [-0.39, 0.29) is 6.29 Å². The number of aromatic nitrogens is 1. The molecule has 1 atom stereocenters. The second-order valence-corrected chi connectivity index (χ2v) is 14.0.